The number of benzene rings is 1. The molecule has 0 N–H and O–H groups in total. The van der Waals surface area contributed by atoms with Gasteiger partial charge in [0.25, 0.3) is 0 Å². The Morgan fingerprint density at radius 3 is 2.24 bits per heavy atom. The zero-order valence-corrected chi connectivity index (χ0v) is 12.2. The summed E-state index contributed by atoms with van der Waals surface area (Å²) in [5.74, 6) is 0.868. The van der Waals surface area contributed by atoms with Crippen molar-refractivity contribution in [3.05, 3.63) is 29.8 Å². The Kier molecular flexibility index (Phi) is 5.68. The van der Waals surface area contributed by atoms with Crippen LogP contribution in [0.3, 0.4) is 0 Å². The van der Waals surface area contributed by atoms with E-state index in [1.807, 2.05) is 24.3 Å². The van der Waals surface area contributed by atoms with Crippen molar-refractivity contribution >= 4 is 8.56 Å². The first-order valence-electron chi connectivity index (χ1n) is 5.98. The molecule has 0 aliphatic carbocycles. The van der Waals surface area contributed by atoms with E-state index in [0.717, 1.165) is 24.3 Å². The van der Waals surface area contributed by atoms with Gasteiger partial charge < -0.3 is 13.6 Å². The van der Waals surface area contributed by atoms with Gasteiger partial charge in [-0.05, 0) is 37.2 Å². The molecule has 3 nitrogen and oxygen atoms in total. The molecule has 0 saturated heterocycles. The molecule has 0 fully saturated rings. The van der Waals surface area contributed by atoms with Gasteiger partial charge in [-0.2, -0.15) is 0 Å². The van der Waals surface area contributed by atoms with Gasteiger partial charge in [0.2, 0.25) is 0 Å². The van der Waals surface area contributed by atoms with E-state index in [9.17, 15) is 0 Å². The lowest BCUT2D eigenvalue weighted by molar-refractivity contribution is 0.172. The third-order valence-corrected chi connectivity index (χ3v) is 4.14. The van der Waals surface area contributed by atoms with Gasteiger partial charge in [0.1, 0.15) is 5.75 Å². The number of rotatable bonds is 7. The lowest BCUT2D eigenvalue weighted by Crippen LogP contribution is -2.34. The van der Waals surface area contributed by atoms with E-state index in [4.69, 9.17) is 13.6 Å². The number of hydrogen-bond donors (Lipinski definition) is 0. The average Bonchev–Trinajstić information content (AvgIpc) is 2.35. The SMILES string of the molecule is CCCO[Si](C)(C)OCc1ccc(OC)cc1. The predicted molar refractivity (Wildman–Crippen MR) is 71.5 cm³/mol. The Morgan fingerprint density at radius 1 is 1.06 bits per heavy atom. The van der Waals surface area contributed by atoms with E-state index in [-0.39, 0.29) is 0 Å². The first-order chi connectivity index (χ1) is 8.07. The molecule has 1 aromatic carbocycles. The largest absolute Gasteiger partial charge is 0.497 e. The highest BCUT2D eigenvalue weighted by Crippen LogP contribution is 2.15. The van der Waals surface area contributed by atoms with Crippen LogP contribution < -0.4 is 4.74 Å². The topological polar surface area (TPSA) is 27.7 Å². The lowest BCUT2D eigenvalue weighted by atomic mass is 10.2. The summed E-state index contributed by atoms with van der Waals surface area (Å²) in [7, 11) is -0.293. The number of methoxy groups -OCH3 is 1. The second kappa shape index (κ2) is 6.79. The Labute approximate surface area is 105 Å². The second-order valence-corrected chi connectivity index (χ2v) is 7.76. The molecule has 0 aliphatic rings. The molecule has 0 saturated carbocycles. The van der Waals surface area contributed by atoms with Gasteiger partial charge in [0.05, 0.1) is 13.7 Å². The van der Waals surface area contributed by atoms with Crippen LogP contribution in [0.2, 0.25) is 13.1 Å². The van der Waals surface area contributed by atoms with E-state index in [2.05, 4.69) is 20.0 Å². The van der Waals surface area contributed by atoms with Crippen molar-refractivity contribution in [3.63, 3.8) is 0 Å². The quantitative estimate of drug-likeness (QED) is 0.698. The van der Waals surface area contributed by atoms with Gasteiger partial charge in [0.15, 0.2) is 0 Å². The Bertz CT molecular complexity index is 322. The van der Waals surface area contributed by atoms with Gasteiger partial charge in [-0.1, -0.05) is 19.1 Å². The van der Waals surface area contributed by atoms with E-state index < -0.39 is 8.56 Å². The van der Waals surface area contributed by atoms with Crippen molar-refractivity contribution in [1.82, 2.24) is 0 Å². The molecule has 1 aromatic rings. The van der Waals surface area contributed by atoms with Crippen LogP contribution in [0.1, 0.15) is 18.9 Å². The minimum absolute atomic E-state index is 0.604. The maximum Gasteiger partial charge on any atom is 0.332 e. The van der Waals surface area contributed by atoms with Gasteiger partial charge in [0, 0.05) is 6.61 Å². The first-order valence-corrected chi connectivity index (χ1v) is 8.80. The van der Waals surface area contributed by atoms with Gasteiger partial charge >= 0.3 is 8.56 Å². The Balaban J connectivity index is 2.43. The summed E-state index contributed by atoms with van der Waals surface area (Å²) in [6.07, 6.45) is 1.03. The second-order valence-electron chi connectivity index (χ2n) is 4.39. The van der Waals surface area contributed by atoms with Crippen LogP contribution in [0.4, 0.5) is 0 Å². The Morgan fingerprint density at radius 2 is 1.71 bits per heavy atom. The van der Waals surface area contributed by atoms with E-state index in [1.54, 1.807) is 7.11 Å². The average molecular weight is 254 g/mol. The fourth-order valence-electron chi connectivity index (χ4n) is 1.37. The molecular weight excluding hydrogens is 232 g/mol. The van der Waals surface area contributed by atoms with Crippen molar-refractivity contribution in [2.45, 2.75) is 33.0 Å². The summed E-state index contributed by atoms with van der Waals surface area (Å²) in [6, 6.07) is 7.92. The molecule has 0 spiro atoms. The van der Waals surface area contributed by atoms with Crippen LogP contribution in [0.25, 0.3) is 0 Å². The van der Waals surface area contributed by atoms with Crippen LogP contribution in [-0.4, -0.2) is 22.3 Å². The highest BCUT2D eigenvalue weighted by molar-refractivity contribution is 6.64. The van der Waals surface area contributed by atoms with E-state index in [1.165, 1.54) is 0 Å². The molecule has 96 valence electrons. The highest BCUT2D eigenvalue weighted by Gasteiger charge is 2.23. The third kappa shape index (κ3) is 5.34. The molecule has 0 heterocycles. The molecular formula is C13H22O3Si. The minimum Gasteiger partial charge on any atom is -0.497 e. The molecule has 0 amide bonds. The predicted octanol–water partition coefficient (Wildman–Crippen LogP) is 3.34. The summed E-state index contributed by atoms with van der Waals surface area (Å²) < 4.78 is 16.7. The molecule has 0 bridgehead atoms. The lowest BCUT2D eigenvalue weighted by Gasteiger charge is -2.22. The van der Waals surface area contributed by atoms with Crippen molar-refractivity contribution in [3.8, 4) is 5.75 Å². The van der Waals surface area contributed by atoms with Crippen molar-refractivity contribution in [2.24, 2.45) is 0 Å². The first kappa shape index (κ1) is 14.2. The van der Waals surface area contributed by atoms with Crippen molar-refractivity contribution in [1.29, 1.82) is 0 Å². The number of hydrogen-bond acceptors (Lipinski definition) is 3. The summed E-state index contributed by atoms with van der Waals surface area (Å²) in [5.41, 5.74) is 1.14. The molecule has 17 heavy (non-hydrogen) atoms. The molecule has 0 atom stereocenters. The van der Waals surface area contributed by atoms with E-state index in [0.29, 0.717) is 6.61 Å². The van der Waals surface area contributed by atoms with Gasteiger partial charge in [-0.3, -0.25) is 0 Å². The Hall–Kier alpha value is -0.843. The normalized spacial score (nSPS) is 11.5. The summed E-state index contributed by atoms with van der Waals surface area (Å²) in [4.78, 5) is 0. The number of ether oxygens (including phenoxy) is 1. The fourth-order valence-corrected chi connectivity index (χ4v) is 2.66. The minimum atomic E-state index is -1.96. The smallest absolute Gasteiger partial charge is 0.332 e. The van der Waals surface area contributed by atoms with E-state index >= 15 is 0 Å². The van der Waals surface area contributed by atoms with Crippen LogP contribution in [-0.2, 0) is 15.5 Å². The maximum atomic E-state index is 5.87. The molecule has 4 heteroatoms. The molecule has 1 rings (SSSR count). The van der Waals surface area contributed by atoms with Crippen LogP contribution in [0.15, 0.2) is 24.3 Å². The fraction of sp³-hybridized carbons (Fsp3) is 0.538. The summed E-state index contributed by atoms with van der Waals surface area (Å²) in [6.45, 7) is 7.64. The van der Waals surface area contributed by atoms with Crippen molar-refractivity contribution in [2.75, 3.05) is 13.7 Å². The van der Waals surface area contributed by atoms with Gasteiger partial charge in [-0.25, -0.2) is 0 Å². The molecule has 0 radical (unpaired) electrons. The monoisotopic (exact) mass is 254 g/mol. The zero-order chi connectivity index (χ0) is 12.7. The summed E-state index contributed by atoms with van der Waals surface area (Å²) in [5, 5.41) is 0. The molecule has 0 aromatic heterocycles. The van der Waals surface area contributed by atoms with Crippen LogP contribution >= 0.6 is 0 Å². The molecule has 0 aliphatic heterocycles. The third-order valence-electron chi connectivity index (χ3n) is 2.40. The zero-order valence-electron chi connectivity index (χ0n) is 11.2. The van der Waals surface area contributed by atoms with Crippen molar-refractivity contribution < 1.29 is 13.6 Å². The van der Waals surface area contributed by atoms with Gasteiger partial charge in [-0.15, -0.1) is 0 Å². The standard InChI is InChI=1S/C13H22O3Si/c1-5-10-15-17(3,4)16-11-12-6-8-13(14-2)9-7-12/h6-9H,5,10-11H2,1-4H3. The maximum absolute atomic E-state index is 5.87. The van der Waals surface area contributed by atoms with Crippen LogP contribution in [0.5, 0.6) is 5.75 Å². The van der Waals surface area contributed by atoms with Crippen LogP contribution in [0, 0.1) is 0 Å². The molecule has 0 unspecified atom stereocenters. The highest BCUT2D eigenvalue weighted by atomic mass is 28.4. The summed E-state index contributed by atoms with van der Waals surface area (Å²) >= 11 is 0.